The van der Waals surface area contributed by atoms with Crippen molar-refractivity contribution in [3.63, 3.8) is 0 Å². The number of carbonyl (C=O) groups is 1. The van der Waals surface area contributed by atoms with Gasteiger partial charge in [-0.3, -0.25) is 9.79 Å². The number of halogens is 3. The number of thioether (sulfide) groups is 1. The van der Waals surface area contributed by atoms with E-state index in [1.54, 1.807) is 18.2 Å². The number of hydrogen-bond acceptors (Lipinski definition) is 7. The first-order chi connectivity index (χ1) is 16.0. The predicted molar refractivity (Wildman–Crippen MR) is 125 cm³/mol. The molecule has 0 radical (unpaired) electrons. The van der Waals surface area contributed by atoms with Gasteiger partial charge in [0, 0.05) is 16.5 Å². The van der Waals surface area contributed by atoms with Gasteiger partial charge in [-0.25, -0.2) is 8.42 Å². The molecule has 1 saturated heterocycles. The second-order valence-corrected chi connectivity index (χ2v) is 11.4. The molecular formula is C22H22F3N3O4S2. The van der Waals surface area contributed by atoms with Gasteiger partial charge < -0.3 is 15.4 Å². The molecule has 2 aromatic carbocycles. The summed E-state index contributed by atoms with van der Waals surface area (Å²) in [6.45, 7) is 1.98. The number of nitrogens with one attached hydrogen (secondary N) is 2. The molecule has 2 aromatic rings. The van der Waals surface area contributed by atoms with Gasteiger partial charge in [-0.15, -0.1) is 0 Å². The van der Waals surface area contributed by atoms with Crippen LogP contribution in [0.15, 0.2) is 47.5 Å². The van der Waals surface area contributed by atoms with Crippen molar-refractivity contribution in [2.45, 2.75) is 24.4 Å². The predicted octanol–water partition coefficient (Wildman–Crippen LogP) is 3.50. The van der Waals surface area contributed by atoms with E-state index < -0.39 is 21.6 Å². The monoisotopic (exact) mass is 513 g/mol. The van der Waals surface area contributed by atoms with Crippen LogP contribution in [0.1, 0.15) is 21.5 Å². The van der Waals surface area contributed by atoms with Crippen LogP contribution in [-0.2, 0) is 16.0 Å². The molecule has 0 bridgehead atoms. The summed E-state index contributed by atoms with van der Waals surface area (Å²) in [5.74, 6) is -0.126. The molecule has 1 fully saturated rings. The Labute approximate surface area is 199 Å². The number of amidine groups is 1. The van der Waals surface area contributed by atoms with E-state index in [0.29, 0.717) is 16.4 Å². The lowest BCUT2D eigenvalue weighted by atomic mass is 10.1. The number of rotatable bonds is 6. The van der Waals surface area contributed by atoms with E-state index >= 15 is 0 Å². The van der Waals surface area contributed by atoms with Gasteiger partial charge in [0.25, 0.3) is 5.91 Å². The molecule has 0 unspecified atom stereocenters. The number of aryl methyl sites for hydroxylation is 1. The molecule has 182 valence electrons. The number of hydrogen-bond donors (Lipinski definition) is 2. The van der Waals surface area contributed by atoms with Gasteiger partial charge >= 0.3 is 6.18 Å². The second-order valence-electron chi connectivity index (χ2n) is 8.02. The van der Waals surface area contributed by atoms with Crippen LogP contribution >= 0.6 is 11.8 Å². The van der Waals surface area contributed by atoms with Crippen LogP contribution in [0.3, 0.4) is 0 Å². The summed E-state index contributed by atoms with van der Waals surface area (Å²) in [5, 5.41) is 6.41. The Balaban J connectivity index is 1.31. The quantitative estimate of drug-likeness (QED) is 0.574. The van der Waals surface area contributed by atoms with Crippen molar-refractivity contribution in [3.8, 4) is 5.75 Å². The fourth-order valence-electron chi connectivity index (χ4n) is 3.63. The molecule has 12 heteroatoms. The first-order valence-corrected chi connectivity index (χ1v) is 13.1. The minimum absolute atomic E-state index is 0.00312. The van der Waals surface area contributed by atoms with Crippen LogP contribution in [-0.4, -0.2) is 55.4 Å². The van der Waals surface area contributed by atoms with Gasteiger partial charge in [-0.1, -0.05) is 23.9 Å². The van der Waals surface area contributed by atoms with Crippen molar-refractivity contribution in [1.29, 1.82) is 0 Å². The summed E-state index contributed by atoms with van der Waals surface area (Å²) in [7, 11) is -3.03. The highest BCUT2D eigenvalue weighted by Gasteiger charge is 2.42. The number of anilines is 1. The summed E-state index contributed by atoms with van der Waals surface area (Å²) in [4.78, 5) is 17.0. The fraction of sp³-hybridized carbons (Fsp3) is 0.364. The normalized spacial score (nSPS) is 21.0. The third kappa shape index (κ3) is 5.84. The number of sulfone groups is 1. The topological polar surface area (TPSA) is 96.9 Å². The maximum atomic E-state index is 12.8. The average molecular weight is 514 g/mol. The van der Waals surface area contributed by atoms with Gasteiger partial charge in [0.05, 0.1) is 29.7 Å². The van der Waals surface area contributed by atoms with E-state index in [1.807, 2.05) is 6.92 Å². The fourth-order valence-corrected chi connectivity index (χ4v) is 7.29. The molecule has 2 heterocycles. The summed E-state index contributed by atoms with van der Waals surface area (Å²) < 4.78 is 67.1. The number of aliphatic imine (C=N–C) groups is 1. The van der Waals surface area contributed by atoms with E-state index in [2.05, 4.69) is 15.6 Å². The van der Waals surface area contributed by atoms with Gasteiger partial charge in [-0.05, 0) is 42.8 Å². The van der Waals surface area contributed by atoms with E-state index in [0.717, 1.165) is 17.7 Å². The van der Waals surface area contributed by atoms with Gasteiger partial charge in [0.1, 0.15) is 12.4 Å². The van der Waals surface area contributed by atoms with Crippen molar-refractivity contribution in [1.82, 2.24) is 5.32 Å². The smallest absolute Gasteiger partial charge is 0.416 e. The highest BCUT2D eigenvalue weighted by atomic mass is 32.2. The Hall–Kier alpha value is -2.73. The zero-order valence-corrected chi connectivity index (χ0v) is 19.7. The summed E-state index contributed by atoms with van der Waals surface area (Å²) in [6, 6.07) is 9.41. The van der Waals surface area contributed by atoms with Crippen LogP contribution in [0.25, 0.3) is 0 Å². The Morgan fingerprint density at radius 2 is 2.00 bits per heavy atom. The molecule has 0 aliphatic carbocycles. The lowest BCUT2D eigenvalue weighted by molar-refractivity contribution is -0.137. The van der Waals surface area contributed by atoms with Gasteiger partial charge in [-0.2, -0.15) is 13.2 Å². The van der Waals surface area contributed by atoms with Crippen LogP contribution in [0, 0.1) is 6.92 Å². The van der Waals surface area contributed by atoms with Crippen LogP contribution < -0.4 is 15.4 Å². The third-order valence-electron chi connectivity index (χ3n) is 5.38. The zero-order valence-electron chi connectivity index (χ0n) is 18.1. The van der Waals surface area contributed by atoms with Crippen molar-refractivity contribution in [3.05, 3.63) is 59.2 Å². The van der Waals surface area contributed by atoms with Crippen molar-refractivity contribution >= 4 is 38.4 Å². The second kappa shape index (κ2) is 9.49. The number of alkyl halides is 3. The molecule has 4 rings (SSSR count). The summed E-state index contributed by atoms with van der Waals surface area (Å²) in [6.07, 6.45) is -4.45. The molecule has 0 saturated carbocycles. The van der Waals surface area contributed by atoms with Gasteiger partial charge in [0.15, 0.2) is 15.0 Å². The minimum atomic E-state index is -4.45. The molecule has 2 atom stereocenters. The maximum absolute atomic E-state index is 12.8. The molecule has 0 aromatic heterocycles. The van der Waals surface area contributed by atoms with Crippen molar-refractivity contribution in [2.24, 2.45) is 4.99 Å². The lowest BCUT2D eigenvalue weighted by Crippen LogP contribution is -2.28. The number of carbonyl (C=O) groups excluding carboxylic acids is 1. The van der Waals surface area contributed by atoms with Crippen LogP contribution in [0.2, 0.25) is 0 Å². The van der Waals surface area contributed by atoms with Gasteiger partial charge in [0.2, 0.25) is 0 Å². The Kier molecular flexibility index (Phi) is 6.81. The molecule has 2 aliphatic rings. The van der Waals surface area contributed by atoms with Crippen LogP contribution in [0.4, 0.5) is 18.9 Å². The highest BCUT2D eigenvalue weighted by Crippen LogP contribution is 2.35. The number of amides is 1. The Morgan fingerprint density at radius 1 is 1.21 bits per heavy atom. The first-order valence-electron chi connectivity index (χ1n) is 10.4. The molecule has 7 nitrogen and oxygen atoms in total. The Morgan fingerprint density at radius 3 is 2.74 bits per heavy atom. The van der Waals surface area contributed by atoms with Crippen molar-refractivity contribution in [2.75, 3.05) is 30.0 Å². The molecule has 2 aliphatic heterocycles. The SMILES string of the molecule is Cc1ccc(C(=O)NCCOc2cccc(C(F)(F)F)c2)cc1NC1=N[C@@H]2CS(=O)(=O)C[C@@H]2S1. The molecule has 1 amide bonds. The number of ether oxygens (including phenoxy) is 1. The summed E-state index contributed by atoms with van der Waals surface area (Å²) in [5.41, 5.74) is 1.15. The molecule has 34 heavy (non-hydrogen) atoms. The number of fused-ring (bicyclic) bond motifs is 1. The van der Waals surface area contributed by atoms with Crippen molar-refractivity contribution < 1.29 is 31.1 Å². The average Bonchev–Trinajstić information content (AvgIpc) is 3.24. The first kappa shape index (κ1) is 24.4. The highest BCUT2D eigenvalue weighted by molar-refractivity contribution is 8.15. The Bertz CT molecular complexity index is 1230. The molecular weight excluding hydrogens is 491 g/mol. The molecule has 2 N–H and O–H groups in total. The number of benzene rings is 2. The standard InChI is InChI=1S/C22H22F3N3O4S2/c1-13-5-6-14(9-17(13)27-21-28-18-11-34(30,31)12-19(18)33-21)20(29)26-7-8-32-16-4-2-3-15(10-16)22(23,24)25/h2-6,9-10,18-19H,7-8,11-12H2,1H3,(H,26,29)(H,27,28)/t18-,19+/m1/s1. The van der Waals surface area contributed by atoms with E-state index in [1.165, 1.54) is 23.9 Å². The lowest BCUT2D eigenvalue weighted by Gasteiger charge is -2.13. The van der Waals surface area contributed by atoms with E-state index in [9.17, 15) is 26.4 Å². The van der Waals surface area contributed by atoms with E-state index in [-0.39, 0.29) is 47.6 Å². The third-order valence-corrected chi connectivity index (χ3v) is 8.52. The zero-order chi connectivity index (χ0) is 24.5. The van der Waals surface area contributed by atoms with E-state index in [4.69, 9.17) is 4.74 Å². The molecule has 0 spiro atoms. The summed E-state index contributed by atoms with van der Waals surface area (Å²) >= 11 is 1.39. The number of nitrogens with zero attached hydrogens (tertiary/aromatic N) is 1. The minimum Gasteiger partial charge on any atom is -0.492 e. The maximum Gasteiger partial charge on any atom is 0.416 e. The van der Waals surface area contributed by atoms with Crippen LogP contribution in [0.5, 0.6) is 5.75 Å². The largest absolute Gasteiger partial charge is 0.492 e.